The predicted molar refractivity (Wildman–Crippen MR) is 239 cm³/mol. The van der Waals surface area contributed by atoms with E-state index in [-0.39, 0.29) is 47.0 Å². The topological polar surface area (TPSA) is 18.5 Å². The Morgan fingerprint density at radius 1 is 0.387 bits per heavy atom. The van der Waals surface area contributed by atoms with Crippen LogP contribution in [-0.2, 0) is 0 Å². The van der Waals surface area contributed by atoms with Crippen molar-refractivity contribution in [2.24, 2.45) is 5.92 Å². The minimum absolute atomic E-state index is 0.0110. The summed E-state index contributed by atoms with van der Waals surface area (Å²) in [7, 11) is 0. The van der Waals surface area contributed by atoms with E-state index in [2.05, 4.69) is 6.92 Å². The van der Waals surface area contributed by atoms with E-state index in [1.807, 2.05) is 62.4 Å². The molecule has 0 radical (unpaired) electrons. The number of rotatable bonds is 22. The lowest BCUT2D eigenvalue weighted by Gasteiger charge is -2.16. The number of hydrogen-bond donors (Lipinski definition) is 0. The summed E-state index contributed by atoms with van der Waals surface area (Å²) in [5.74, 6) is -5.50. The first-order valence-electron chi connectivity index (χ1n) is 22.0. The standard InChI is InChI=1S/C54H56F6O2/c1-4-13-38(14-9-5-7-11-32-61-49-30-28-45(51(57)53(49)59)43-26-24-41(34-47(43)55)39-20-16-36(2)17-21-39)15-10-6-8-12-33-62-50-31-29-46(52(58)54(50)60)44-27-25-42(35-48(44)56)40-22-18-37(3)19-23-40/h16-31,34-35,38H,4-15,32-33H2,1-3H3. The van der Waals surface area contributed by atoms with E-state index >= 15 is 17.6 Å². The number of halogens is 6. The zero-order chi connectivity index (χ0) is 44.0. The third kappa shape index (κ3) is 12.1. The highest BCUT2D eigenvalue weighted by atomic mass is 19.2. The Morgan fingerprint density at radius 3 is 1.15 bits per heavy atom. The summed E-state index contributed by atoms with van der Waals surface area (Å²) < 4.78 is 102. The van der Waals surface area contributed by atoms with Gasteiger partial charge in [0.15, 0.2) is 23.1 Å². The van der Waals surface area contributed by atoms with Crippen molar-refractivity contribution in [2.75, 3.05) is 13.2 Å². The van der Waals surface area contributed by atoms with Crippen molar-refractivity contribution in [2.45, 2.75) is 97.8 Å². The van der Waals surface area contributed by atoms with Crippen molar-refractivity contribution in [1.29, 1.82) is 0 Å². The van der Waals surface area contributed by atoms with Crippen LogP contribution in [0.5, 0.6) is 11.5 Å². The SMILES string of the molecule is CCCC(CCCCCCOc1ccc(-c2ccc(-c3ccc(C)cc3)cc2F)c(F)c1F)CCCCCCOc1ccc(-c2ccc(-c3ccc(C)cc3)cc2F)c(F)c1F. The van der Waals surface area contributed by atoms with Gasteiger partial charge in [0.25, 0.3) is 0 Å². The molecule has 0 heterocycles. The Labute approximate surface area is 363 Å². The average Bonchev–Trinajstić information content (AvgIpc) is 3.26. The fourth-order valence-electron chi connectivity index (χ4n) is 8.00. The smallest absolute Gasteiger partial charge is 0.201 e. The van der Waals surface area contributed by atoms with Gasteiger partial charge in [-0.1, -0.05) is 155 Å². The molecule has 0 aliphatic heterocycles. The van der Waals surface area contributed by atoms with E-state index in [0.717, 1.165) is 86.5 Å². The van der Waals surface area contributed by atoms with Gasteiger partial charge in [0.2, 0.25) is 11.6 Å². The third-order valence-corrected chi connectivity index (χ3v) is 11.6. The molecule has 0 saturated heterocycles. The van der Waals surface area contributed by atoms with Crippen molar-refractivity contribution < 1.29 is 35.8 Å². The fraction of sp³-hybridized carbons (Fsp3) is 0.333. The molecule has 0 atom stereocenters. The fourth-order valence-corrected chi connectivity index (χ4v) is 8.00. The van der Waals surface area contributed by atoms with Crippen molar-refractivity contribution in [1.82, 2.24) is 0 Å². The van der Waals surface area contributed by atoms with E-state index in [9.17, 15) is 8.78 Å². The van der Waals surface area contributed by atoms with Crippen LogP contribution in [0.1, 0.15) is 95.1 Å². The average molecular weight is 851 g/mol. The van der Waals surface area contributed by atoms with Gasteiger partial charge >= 0.3 is 0 Å². The van der Waals surface area contributed by atoms with Gasteiger partial charge < -0.3 is 9.47 Å². The highest BCUT2D eigenvalue weighted by molar-refractivity contribution is 5.73. The van der Waals surface area contributed by atoms with Crippen LogP contribution in [0.25, 0.3) is 44.5 Å². The maximum absolute atomic E-state index is 15.1. The minimum Gasteiger partial charge on any atom is -0.490 e. The van der Waals surface area contributed by atoms with E-state index < -0.39 is 34.9 Å². The molecular weight excluding hydrogens is 795 g/mol. The van der Waals surface area contributed by atoms with Gasteiger partial charge in [0, 0.05) is 22.3 Å². The summed E-state index contributed by atoms with van der Waals surface area (Å²) in [6.45, 7) is 6.65. The quantitative estimate of drug-likeness (QED) is 0.0500. The first-order valence-corrected chi connectivity index (χ1v) is 22.0. The summed E-state index contributed by atoms with van der Waals surface area (Å²) in [5.41, 5.74) is 4.83. The second kappa shape index (κ2) is 22.6. The molecule has 0 unspecified atom stereocenters. The lowest BCUT2D eigenvalue weighted by Crippen LogP contribution is -2.03. The number of unbranched alkanes of at least 4 members (excludes halogenated alkanes) is 6. The number of ether oxygens (including phenoxy) is 2. The monoisotopic (exact) mass is 850 g/mol. The van der Waals surface area contributed by atoms with Crippen molar-refractivity contribution in [3.8, 4) is 56.0 Å². The van der Waals surface area contributed by atoms with Crippen LogP contribution >= 0.6 is 0 Å². The number of hydrogen-bond acceptors (Lipinski definition) is 2. The molecule has 326 valence electrons. The minimum atomic E-state index is -1.13. The van der Waals surface area contributed by atoms with Crippen LogP contribution in [-0.4, -0.2) is 13.2 Å². The highest BCUT2D eigenvalue weighted by Crippen LogP contribution is 2.36. The zero-order valence-corrected chi connectivity index (χ0v) is 36.0. The first kappa shape index (κ1) is 46.0. The Kier molecular flexibility index (Phi) is 16.7. The van der Waals surface area contributed by atoms with Gasteiger partial charge in [0.05, 0.1) is 13.2 Å². The summed E-state index contributed by atoms with van der Waals surface area (Å²) in [5, 5.41) is 0. The van der Waals surface area contributed by atoms with Gasteiger partial charge in [-0.2, -0.15) is 8.78 Å². The molecular formula is C54H56F6O2. The van der Waals surface area contributed by atoms with Crippen LogP contribution in [0.2, 0.25) is 0 Å². The molecule has 0 aliphatic carbocycles. The second-order valence-corrected chi connectivity index (χ2v) is 16.4. The third-order valence-electron chi connectivity index (χ3n) is 11.6. The molecule has 6 aromatic carbocycles. The van der Waals surface area contributed by atoms with E-state index in [0.29, 0.717) is 29.9 Å². The summed E-state index contributed by atoms with van der Waals surface area (Å²) in [6, 6.07) is 29.8. The van der Waals surface area contributed by atoms with Crippen LogP contribution in [0.15, 0.2) is 109 Å². The van der Waals surface area contributed by atoms with E-state index in [1.54, 1.807) is 12.1 Å². The molecule has 8 heteroatoms. The highest BCUT2D eigenvalue weighted by Gasteiger charge is 2.20. The van der Waals surface area contributed by atoms with Crippen molar-refractivity contribution in [3.05, 3.63) is 155 Å². The second-order valence-electron chi connectivity index (χ2n) is 16.4. The van der Waals surface area contributed by atoms with Crippen molar-refractivity contribution in [3.63, 3.8) is 0 Å². The van der Waals surface area contributed by atoms with E-state index in [1.165, 1.54) is 48.5 Å². The lowest BCUT2D eigenvalue weighted by atomic mass is 9.91. The molecule has 0 fully saturated rings. The first-order chi connectivity index (χ1) is 30.0. The number of aryl methyl sites for hydroxylation is 2. The maximum atomic E-state index is 15.1. The maximum Gasteiger partial charge on any atom is 0.201 e. The molecule has 62 heavy (non-hydrogen) atoms. The molecule has 0 bridgehead atoms. The molecule has 0 aromatic heterocycles. The molecule has 2 nitrogen and oxygen atoms in total. The van der Waals surface area contributed by atoms with Gasteiger partial charge in [0.1, 0.15) is 11.6 Å². The van der Waals surface area contributed by atoms with Gasteiger partial charge in [-0.15, -0.1) is 0 Å². The van der Waals surface area contributed by atoms with Gasteiger partial charge in [-0.25, -0.2) is 17.6 Å². The largest absolute Gasteiger partial charge is 0.490 e. The molecule has 0 saturated carbocycles. The van der Waals surface area contributed by atoms with Gasteiger partial charge in [-0.3, -0.25) is 0 Å². The Hall–Kier alpha value is -5.50. The summed E-state index contributed by atoms with van der Waals surface area (Å²) >= 11 is 0. The zero-order valence-electron chi connectivity index (χ0n) is 36.0. The molecule has 0 spiro atoms. The summed E-state index contributed by atoms with van der Waals surface area (Å²) in [4.78, 5) is 0. The lowest BCUT2D eigenvalue weighted by molar-refractivity contribution is 0.282. The van der Waals surface area contributed by atoms with Crippen LogP contribution in [0.3, 0.4) is 0 Å². The molecule has 6 aromatic rings. The number of benzene rings is 6. The molecule has 0 N–H and O–H groups in total. The Morgan fingerprint density at radius 2 is 0.758 bits per heavy atom. The van der Waals surface area contributed by atoms with Crippen molar-refractivity contribution >= 4 is 0 Å². The van der Waals surface area contributed by atoms with Crippen LogP contribution in [0, 0.1) is 54.7 Å². The predicted octanol–water partition coefficient (Wildman–Crippen LogP) is 16.6. The molecule has 0 aliphatic rings. The normalized spacial score (nSPS) is 11.4. The Bertz CT molecular complexity index is 2210. The van der Waals surface area contributed by atoms with E-state index in [4.69, 9.17) is 9.47 Å². The molecule has 0 amide bonds. The summed E-state index contributed by atoms with van der Waals surface area (Å²) in [6.07, 6.45) is 12.0. The molecule has 6 rings (SSSR count). The van der Waals surface area contributed by atoms with Gasteiger partial charge in [-0.05, 0) is 91.3 Å². The Balaban J connectivity index is 0.854. The van der Waals surface area contributed by atoms with Crippen LogP contribution < -0.4 is 9.47 Å². The van der Waals surface area contributed by atoms with Crippen LogP contribution in [0.4, 0.5) is 26.3 Å².